The summed E-state index contributed by atoms with van der Waals surface area (Å²) >= 11 is 5.94. The molecule has 0 bridgehead atoms. The van der Waals surface area contributed by atoms with Crippen LogP contribution in [0.25, 0.3) is 11.4 Å². The lowest BCUT2D eigenvalue weighted by atomic mass is 9.85. The number of amides is 2. The van der Waals surface area contributed by atoms with Crippen molar-refractivity contribution in [2.45, 2.75) is 52.7 Å². The number of halogens is 3. The second-order valence-electron chi connectivity index (χ2n) is 10.2. The van der Waals surface area contributed by atoms with Crippen LogP contribution >= 0.6 is 11.6 Å². The topological polar surface area (TPSA) is 70.5 Å². The zero-order chi connectivity index (χ0) is 24.8. The van der Waals surface area contributed by atoms with Gasteiger partial charge in [-0.05, 0) is 37.9 Å². The van der Waals surface area contributed by atoms with Gasteiger partial charge in [-0.25, -0.2) is 13.8 Å². The first-order chi connectivity index (χ1) is 16.0. The number of aromatic nitrogens is 2. The van der Waals surface area contributed by atoms with Crippen molar-refractivity contribution in [3.05, 3.63) is 40.2 Å². The summed E-state index contributed by atoms with van der Waals surface area (Å²) in [5.41, 5.74) is 0.265. The first-order valence-corrected chi connectivity index (χ1v) is 11.9. The summed E-state index contributed by atoms with van der Waals surface area (Å²) in [6.45, 7) is 8.79. The number of imidazole rings is 1. The van der Waals surface area contributed by atoms with Gasteiger partial charge in [0.1, 0.15) is 23.5 Å². The van der Waals surface area contributed by atoms with Gasteiger partial charge in [0.2, 0.25) is 5.91 Å². The number of likely N-dealkylation sites (tertiary alicyclic amines) is 1. The molecule has 1 N–H and O–H groups in total. The summed E-state index contributed by atoms with van der Waals surface area (Å²) in [5, 5.41) is 2.68. The molecule has 2 aromatic rings. The second-order valence-corrected chi connectivity index (χ2v) is 10.6. The number of rotatable bonds is 4. The number of hydrogen-bond donors (Lipinski definition) is 1. The zero-order valence-electron chi connectivity index (χ0n) is 19.9. The van der Waals surface area contributed by atoms with Crippen LogP contribution in [0.1, 0.15) is 49.8 Å². The SMILES string of the molecule is CN1CCCn2c(-c3cc(Cl)c(F)cc3F)nc(C(=O)N[C@H](C(=O)N3CCC3)C(C)(C)C)c2C1. The van der Waals surface area contributed by atoms with Crippen molar-refractivity contribution in [3.8, 4) is 11.4 Å². The molecule has 10 heteroatoms. The second kappa shape index (κ2) is 9.26. The Bertz CT molecular complexity index is 1120. The largest absolute Gasteiger partial charge is 0.341 e. The number of benzene rings is 1. The Morgan fingerprint density at radius 2 is 1.76 bits per heavy atom. The number of nitrogens with one attached hydrogen (secondary N) is 1. The molecule has 0 spiro atoms. The Hall–Kier alpha value is -2.52. The molecule has 2 aliphatic rings. The molecular weight excluding hydrogens is 464 g/mol. The molecular formula is C24H30ClF2N5O2. The number of carbonyl (C=O) groups excluding carboxylic acids is 2. The molecule has 0 aliphatic carbocycles. The molecule has 3 heterocycles. The maximum absolute atomic E-state index is 14.8. The summed E-state index contributed by atoms with van der Waals surface area (Å²) in [4.78, 5) is 34.9. The fourth-order valence-electron chi connectivity index (χ4n) is 4.37. The molecule has 1 atom stereocenters. The molecule has 1 fully saturated rings. The maximum atomic E-state index is 14.8. The summed E-state index contributed by atoms with van der Waals surface area (Å²) in [6, 6.07) is 1.19. The highest BCUT2D eigenvalue weighted by atomic mass is 35.5. The summed E-state index contributed by atoms with van der Waals surface area (Å²) in [6.07, 6.45) is 1.72. The predicted octanol–water partition coefficient (Wildman–Crippen LogP) is 3.69. The van der Waals surface area contributed by atoms with Gasteiger partial charge < -0.3 is 19.7 Å². The van der Waals surface area contributed by atoms with Crippen molar-refractivity contribution < 1.29 is 18.4 Å². The molecule has 2 aliphatic heterocycles. The third kappa shape index (κ3) is 4.68. The predicted molar refractivity (Wildman–Crippen MR) is 125 cm³/mol. The molecule has 7 nitrogen and oxygen atoms in total. The van der Waals surface area contributed by atoms with E-state index < -0.39 is 29.0 Å². The average Bonchev–Trinajstić information content (AvgIpc) is 2.92. The van der Waals surface area contributed by atoms with Crippen LogP contribution in [0.3, 0.4) is 0 Å². The Kier molecular flexibility index (Phi) is 6.70. The van der Waals surface area contributed by atoms with Gasteiger partial charge in [0.25, 0.3) is 5.91 Å². The van der Waals surface area contributed by atoms with E-state index in [9.17, 15) is 18.4 Å². The molecule has 1 aromatic carbocycles. The van der Waals surface area contributed by atoms with Gasteiger partial charge in [-0.3, -0.25) is 9.59 Å². The normalized spacial score (nSPS) is 17.6. The van der Waals surface area contributed by atoms with E-state index in [0.717, 1.165) is 25.5 Å². The van der Waals surface area contributed by atoms with Crippen LogP contribution in [0, 0.1) is 17.0 Å². The van der Waals surface area contributed by atoms with E-state index in [4.69, 9.17) is 11.6 Å². The van der Waals surface area contributed by atoms with Gasteiger partial charge in [0, 0.05) is 32.2 Å². The van der Waals surface area contributed by atoms with Crippen molar-refractivity contribution in [2.75, 3.05) is 26.7 Å². The van der Waals surface area contributed by atoms with Crippen LogP contribution in [-0.2, 0) is 17.9 Å². The Morgan fingerprint density at radius 1 is 1.09 bits per heavy atom. The fourth-order valence-corrected chi connectivity index (χ4v) is 4.53. The van der Waals surface area contributed by atoms with Crippen LogP contribution in [0.15, 0.2) is 12.1 Å². The van der Waals surface area contributed by atoms with E-state index in [1.807, 2.05) is 27.8 Å². The van der Waals surface area contributed by atoms with Crippen LogP contribution in [0.2, 0.25) is 5.02 Å². The standard InChI is InChI=1S/C24H30ClF2N5O2/c1-24(2,3)20(23(34)31-8-6-9-31)29-22(33)19-18-13-30(4)7-5-10-32(18)21(28-19)14-11-15(25)17(27)12-16(14)26/h11-12,20H,5-10,13H2,1-4H3,(H,29,33)/t20-/m1/s1. The van der Waals surface area contributed by atoms with Gasteiger partial charge in [-0.1, -0.05) is 32.4 Å². The average molecular weight is 494 g/mol. The van der Waals surface area contributed by atoms with Crippen LogP contribution in [-0.4, -0.2) is 63.9 Å². The van der Waals surface area contributed by atoms with Gasteiger partial charge in [0.05, 0.1) is 16.3 Å². The highest BCUT2D eigenvalue weighted by Crippen LogP contribution is 2.31. The van der Waals surface area contributed by atoms with Crippen LogP contribution in [0.4, 0.5) is 8.78 Å². The van der Waals surface area contributed by atoms with Crippen molar-refractivity contribution in [1.82, 2.24) is 24.7 Å². The minimum Gasteiger partial charge on any atom is -0.341 e. The highest BCUT2D eigenvalue weighted by molar-refractivity contribution is 6.31. The van der Waals surface area contributed by atoms with Gasteiger partial charge in [0.15, 0.2) is 5.69 Å². The first kappa shape index (κ1) is 24.6. The number of fused-ring (bicyclic) bond motifs is 1. The van der Waals surface area contributed by atoms with Crippen LogP contribution < -0.4 is 5.32 Å². The van der Waals surface area contributed by atoms with E-state index in [1.165, 1.54) is 6.07 Å². The molecule has 0 saturated carbocycles. The monoisotopic (exact) mass is 493 g/mol. The lowest BCUT2D eigenvalue weighted by Gasteiger charge is -2.38. The Morgan fingerprint density at radius 3 is 2.38 bits per heavy atom. The summed E-state index contributed by atoms with van der Waals surface area (Å²) < 4.78 is 30.4. The van der Waals surface area contributed by atoms with Gasteiger partial charge >= 0.3 is 0 Å². The lowest BCUT2D eigenvalue weighted by Crippen LogP contribution is -2.57. The minimum atomic E-state index is -0.860. The number of carbonyl (C=O) groups is 2. The van der Waals surface area contributed by atoms with Crippen LogP contribution in [0.5, 0.6) is 0 Å². The quantitative estimate of drug-likeness (QED) is 0.659. The minimum absolute atomic E-state index is 0.0280. The smallest absolute Gasteiger partial charge is 0.272 e. The van der Waals surface area contributed by atoms with Crippen molar-refractivity contribution >= 4 is 23.4 Å². The molecule has 2 amide bonds. The molecule has 34 heavy (non-hydrogen) atoms. The van der Waals surface area contributed by atoms with E-state index >= 15 is 0 Å². The molecule has 184 valence electrons. The van der Waals surface area contributed by atoms with E-state index in [0.29, 0.717) is 31.9 Å². The number of hydrogen-bond acceptors (Lipinski definition) is 4. The summed E-state index contributed by atoms with van der Waals surface area (Å²) in [7, 11) is 1.94. The van der Waals surface area contributed by atoms with Gasteiger partial charge in [-0.15, -0.1) is 0 Å². The molecule has 0 unspecified atom stereocenters. The summed E-state index contributed by atoms with van der Waals surface area (Å²) in [5.74, 6) is -2.06. The fraction of sp³-hybridized carbons (Fsp3) is 0.542. The lowest BCUT2D eigenvalue weighted by molar-refractivity contribution is -0.139. The van der Waals surface area contributed by atoms with Crippen molar-refractivity contribution in [2.24, 2.45) is 5.41 Å². The Labute approximate surface area is 203 Å². The molecule has 0 radical (unpaired) electrons. The molecule has 1 aromatic heterocycles. The van der Waals surface area contributed by atoms with Crippen molar-refractivity contribution in [1.29, 1.82) is 0 Å². The number of nitrogens with zero attached hydrogens (tertiary/aromatic N) is 4. The van der Waals surface area contributed by atoms with E-state index in [-0.39, 0.29) is 28.0 Å². The van der Waals surface area contributed by atoms with Gasteiger partial charge in [-0.2, -0.15) is 0 Å². The van der Waals surface area contributed by atoms with Crippen molar-refractivity contribution in [3.63, 3.8) is 0 Å². The third-order valence-corrected chi connectivity index (χ3v) is 6.73. The molecule has 4 rings (SSSR count). The van der Waals surface area contributed by atoms with E-state index in [2.05, 4.69) is 15.2 Å². The maximum Gasteiger partial charge on any atom is 0.272 e. The first-order valence-electron chi connectivity index (χ1n) is 11.5. The third-order valence-electron chi connectivity index (χ3n) is 6.44. The zero-order valence-corrected chi connectivity index (χ0v) is 20.7. The Balaban J connectivity index is 1.76. The molecule has 1 saturated heterocycles. The van der Waals surface area contributed by atoms with E-state index in [1.54, 1.807) is 9.47 Å². The highest BCUT2D eigenvalue weighted by Gasteiger charge is 2.38.